The second-order valence-corrected chi connectivity index (χ2v) is 12.2. The van der Waals surface area contributed by atoms with Crippen LogP contribution in [0.2, 0.25) is 0 Å². The van der Waals surface area contributed by atoms with E-state index in [4.69, 9.17) is 0 Å². The van der Waals surface area contributed by atoms with Crippen molar-refractivity contribution in [2.75, 3.05) is 0 Å². The van der Waals surface area contributed by atoms with E-state index in [0.29, 0.717) is 16.7 Å². The molecule has 164 valence electrons. The van der Waals surface area contributed by atoms with Crippen LogP contribution in [0, 0.1) is 46.3 Å². The Labute approximate surface area is 182 Å². The van der Waals surface area contributed by atoms with Crippen molar-refractivity contribution in [3.05, 3.63) is 23.3 Å². The van der Waals surface area contributed by atoms with Crippen molar-refractivity contribution >= 4 is 0 Å². The van der Waals surface area contributed by atoms with E-state index in [9.17, 15) is 0 Å². The van der Waals surface area contributed by atoms with Crippen LogP contribution >= 0.6 is 0 Å². The number of fused-ring (bicyclic) bond motifs is 5. The summed E-state index contributed by atoms with van der Waals surface area (Å²) in [6.07, 6.45) is 21.1. The van der Waals surface area contributed by atoms with E-state index in [1.54, 1.807) is 5.57 Å². The van der Waals surface area contributed by atoms with E-state index in [1.807, 2.05) is 5.57 Å². The number of hydrogen-bond donors (Lipinski definition) is 0. The molecule has 0 N–H and O–H groups in total. The zero-order valence-corrected chi connectivity index (χ0v) is 20.4. The Bertz CT molecular complexity index is 651. The van der Waals surface area contributed by atoms with Crippen LogP contribution in [0.5, 0.6) is 0 Å². The van der Waals surface area contributed by atoms with Crippen molar-refractivity contribution in [1.82, 2.24) is 0 Å². The molecule has 0 radical (unpaired) electrons. The fourth-order valence-electron chi connectivity index (χ4n) is 9.04. The standard InChI is InChI=1S/C29H48/c1-7-22(20(2)3)12-11-21(4)25-15-16-26-24-14-13-23-10-8-9-18-28(23,5)27(24)17-19-29(25,26)6/h7,13,20-21,24-27H,8-12,14-19H2,1-6H3/b22-7-/t21-,24+,25-,26+,27+,28+,29-/m1/s1. The van der Waals surface area contributed by atoms with Crippen LogP contribution < -0.4 is 0 Å². The van der Waals surface area contributed by atoms with Gasteiger partial charge in [0.15, 0.2) is 0 Å². The summed E-state index contributed by atoms with van der Waals surface area (Å²) in [7, 11) is 0. The lowest BCUT2D eigenvalue weighted by atomic mass is 9.47. The molecule has 0 aliphatic heterocycles. The molecule has 0 bridgehead atoms. The molecule has 0 amide bonds. The van der Waals surface area contributed by atoms with E-state index in [1.165, 1.54) is 70.6 Å². The van der Waals surface area contributed by atoms with Crippen LogP contribution in [-0.2, 0) is 0 Å². The molecule has 29 heavy (non-hydrogen) atoms. The average molecular weight is 397 g/mol. The summed E-state index contributed by atoms with van der Waals surface area (Å²) in [5.74, 6) is 5.54. The van der Waals surface area contributed by atoms with E-state index in [-0.39, 0.29) is 0 Å². The smallest absolute Gasteiger partial charge is 0.00853 e. The Morgan fingerprint density at radius 3 is 2.59 bits per heavy atom. The maximum atomic E-state index is 2.74. The molecule has 0 spiro atoms. The summed E-state index contributed by atoms with van der Waals surface area (Å²) in [5, 5.41) is 0. The molecule has 0 unspecified atom stereocenters. The van der Waals surface area contributed by atoms with E-state index >= 15 is 0 Å². The second kappa shape index (κ2) is 8.20. The lowest BCUT2D eigenvalue weighted by Gasteiger charge is -2.58. The van der Waals surface area contributed by atoms with Crippen LogP contribution in [0.25, 0.3) is 0 Å². The minimum Gasteiger partial charge on any atom is -0.0882 e. The predicted octanol–water partition coefficient (Wildman–Crippen LogP) is 8.97. The van der Waals surface area contributed by atoms with Gasteiger partial charge in [-0.1, -0.05) is 64.3 Å². The summed E-state index contributed by atoms with van der Waals surface area (Å²) in [5.41, 5.74) is 4.72. The Kier molecular flexibility index (Phi) is 6.14. The molecule has 4 rings (SSSR count). The van der Waals surface area contributed by atoms with Crippen LogP contribution in [0.1, 0.15) is 112 Å². The van der Waals surface area contributed by atoms with Gasteiger partial charge in [0.2, 0.25) is 0 Å². The first-order valence-corrected chi connectivity index (χ1v) is 13.2. The summed E-state index contributed by atoms with van der Waals surface area (Å²) in [6.45, 7) is 15.0. The highest BCUT2D eigenvalue weighted by molar-refractivity contribution is 5.24. The average Bonchev–Trinajstić information content (AvgIpc) is 3.05. The highest BCUT2D eigenvalue weighted by Gasteiger charge is 2.58. The monoisotopic (exact) mass is 396 g/mol. The maximum absolute atomic E-state index is 2.74. The molecular formula is C29H48. The molecule has 0 aromatic heterocycles. The molecule has 4 aliphatic carbocycles. The lowest BCUT2D eigenvalue weighted by molar-refractivity contribution is -0.0498. The third kappa shape index (κ3) is 3.59. The highest BCUT2D eigenvalue weighted by Crippen LogP contribution is 2.67. The molecule has 0 nitrogen and oxygen atoms in total. The van der Waals surface area contributed by atoms with Crippen molar-refractivity contribution in [2.45, 2.75) is 112 Å². The van der Waals surface area contributed by atoms with Gasteiger partial charge in [-0.15, -0.1) is 0 Å². The van der Waals surface area contributed by atoms with Gasteiger partial charge in [0.1, 0.15) is 0 Å². The van der Waals surface area contributed by atoms with Crippen LogP contribution in [0.3, 0.4) is 0 Å². The van der Waals surface area contributed by atoms with E-state index in [0.717, 1.165) is 29.6 Å². The largest absolute Gasteiger partial charge is 0.0882 e. The molecule has 0 heteroatoms. The Hall–Kier alpha value is -0.520. The van der Waals surface area contributed by atoms with Gasteiger partial charge in [0.25, 0.3) is 0 Å². The molecule has 4 aliphatic rings. The highest BCUT2D eigenvalue weighted by atomic mass is 14.6. The summed E-state index contributed by atoms with van der Waals surface area (Å²) in [4.78, 5) is 0. The Morgan fingerprint density at radius 1 is 1.07 bits per heavy atom. The van der Waals surface area contributed by atoms with Gasteiger partial charge in [-0.3, -0.25) is 0 Å². The number of allylic oxidation sites excluding steroid dienone is 4. The minimum atomic E-state index is 0.560. The van der Waals surface area contributed by atoms with Gasteiger partial charge in [-0.2, -0.15) is 0 Å². The summed E-state index contributed by atoms with van der Waals surface area (Å²) >= 11 is 0. The lowest BCUT2D eigenvalue weighted by Crippen LogP contribution is -2.50. The first-order valence-electron chi connectivity index (χ1n) is 13.2. The quantitative estimate of drug-likeness (QED) is 0.407. The van der Waals surface area contributed by atoms with Crippen molar-refractivity contribution in [1.29, 1.82) is 0 Å². The molecule has 0 heterocycles. The normalized spacial score (nSPS) is 43.4. The molecular weight excluding hydrogens is 348 g/mol. The van der Waals surface area contributed by atoms with Crippen LogP contribution in [0.15, 0.2) is 23.3 Å². The molecule has 0 saturated heterocycles. The second-order valence-electron chi connectivity index (χ2n) is 12.2. The molecule has 0 aromatic rings. The van der Waals surface area contributed by atoms with Crippen molar-refractivity contribution in [3.63, 3.8) is 0 Å². The minimum absolute atomic E-state index is 0.560. The maximum Gasteiger partial charge on any atom is -0.00853 e. The topological polar surface area (TPSA) is 0 Å². The van der Waals surface area contributed by atoms with Gasteiger partial charge in [-0.05, 0) is 117 Å². The van der Waals surface area contributed by atoms with Gasteiger partial charge >= 0.3 is 0 Å². The fourth-order valence-corrected chi connectivity index (χ4v) is 9.04. The zero-order chi connectivity index (χ0) is 20.8. The summed E-state index contributed by atoms with van der Waals surface area (Å²) in [6, 6.07) is 0. The Morgan fingerprint density at radius 2 is 1.86 bits per heavy atom. The van der Waals surface area contributed by atoms with Gasteiger partial charge < -0.3 is 0 Å². The number of rotatable bonds is 5. The van der Waals surface area contributed by atoms with Gasteiger partial charge in [-0.25, -0.2) is 0 Å². The first-order chi connectivity index (χ1) is 13.8. The zero-order valence-electron chi connectivity index (χ0n) is 20.4. The van der Waals surface area contributed by atoms with Gasteiger partial charge in [0, 0.05) is 0 Å². The third-order valence-electron chi connectivity index (χ3n) is 10.8. The first kappa shape index (κ1) is 21.7. The van der Waals surface area contributed by atoms with Crippen molar-refractivity contribution in [2.24, 2.45) is 46.3 Å². The van der Waals surface area contributed by atoms with E-state index in [2.05, 4.69) is 53.7 Å². The van der Waals surface area contributed by atoms with E-state index < -0.39 is 0 Å². The molecule has 3 saturated carbocycles. The molecule has 3 fully saturated rings. The van der Waals surface area contributed by atoms with Crippen molar-refractivity contribution in [3.8, 4) is 0 Å². The van der Waals surface area contributed by atoms with Crippen LogP contribution in [0.4, 0.5) is 0 Å². The molecule has 0 aromatic carbocycles. The molecule has 7 atom stereocenters. The van der Waals surface area contributed by atoms with Crippen LogP contribution in [-0.4, -0.2) is 0 Å². The number of hydrogen-bond acceptors (Lipinski definition) is 0. The van der Waals surface area contributed by atoms with Gasteiger partial charge in [0.05, 0.1) is 0 Å². The predicted molar refractivity (Wildman–Crippen MR) is 127 cm³/mol. The summed E-state index contributed by atoms with van der Waals surface area (Å²) < 4.78 is 0. The van der Waals surface area contributed by atoms with Crippen molar-refractivity contribution < 1.29 is 0 Å². The third-order valence-corrected chi connectivity index (χ3v) is 10.8. The Balaban J connectivity index is 1.48. The fraction of sp³-hybridized carbons (Fsp3) is 0.862. The SMILES string of the molecule is C/C=C(/CC[C@@H](C)[C@H]1CC[C@H]2[C@@H]3CC=C4CCCC[C@]4(C)[C@H]3CC[C@]12C)C(C)C.